The van der Waals surface area contributed by atoms with Gasteiger partial charge in [0.15, 0.2) is 5.76 Å². The van der Waals surface area contributed by atoms with E-state index in [2.05, 4.69) is 21.1 Å². The molecule has 0 aliphatic heterocycles. The van der Waals surface area contributed by atoms with E-state index in [-0.39, 0.29) is 6.04 Å². The molecule has 90 valence electrons. The van der Waals surface area contributed by atoms with Gasteiger partial charge in [-0.25, -0.2) is 0 Å². The summed E-state index contributed by atoms with van der Waals surface area (Å²) in [6.45, 7) is 2.26. The van der Waals surface area contributed by atoms with Gasteiger partial charge in [0.2, 0.25) is 0 Å². The van der Waals surface area contributed by atoms with E-state index in [0.717, 1.165) is 15.8 Å². The molecule has 0 saturated carbocycles. The maximum absolute atomic E-state index is 5.88. The van der Waals surface area contributed by atoms with Crippen LogP contribution in [0.25, 0.3) is 0 Å². The van der Waals surface area contributed by atoms with Crippen LogP contribution in [0.15, 0.2) is 39.5 Å². The Morgan fingerprint density at radius 1 is 1.47 bits per heavy atom. The fourth-order valence-corrected chi connectivity index (χ4v) is 1.81. The summed E-state index contributed by atoms with van der Waals surface area (Å²) in [5.74, 6) is 1.44. The van der Waals surface area contributed by atoms with E-state index >= 15 is 0 Å². The van der Waals surface area contributed by atoms with Crippen LogP contribution in [-0.4, -0.2) is 5.16 Å². The molecule has 0 spiro atoms. The van der Waals surface area contributed by atoms with Crippen LogP contribution in [0.5, 0.6) is 5.75 Å². The lowest BCUT2D eigenvalue weighted by molar-refractivity contribution is 0.246. The summed E-state index contributed by atoms with van der Waals surface area (Å²) in [5, 5.41) is 3.62. The molecular weight excluding hydrogens is 284 g/mol. The molecule has 1 aromatic carbocycles. The number of benzene rings is 1. The first kappa shape index (κ1) is 12.1. The molecule has 0 fully saturated rings. The quantitative estimate of drug-likeness (QED) is 0.942. The topological polar surface area (TPSA) is 61.3 Å². The number of nitrogens with zero attached hydrogens (tertiary/aromatic N) is 1. The average Bonchev–Trinajstić information content (AvgIpc) is 2.78. The second-order valence-electron chi connectivity index (χ2n) is 3.74. The number of hydrogen-bond donors (Lipinski definition) is 1. The van der Waals surface area contributed by atoms with Gasteiger partial charge in [-0.2, -0.15) is 0 Å². The highest BCUT2D eigenvalue weighted by molar-refractivity contribution is 9.10. The minimum absolute atomic E-state index is 0.0761. The zero-order valence-corrected chi connectivity index (χ0v) is 11.0. The molecule has 0 amide bonds. The van der Waals surface area contributed by atoms with Gasteiger partial charge < -0.3 is 15.0 Å². The summed E-state index contributed by atoms with van der Waals surface area (Å²) in [6, 6.07) is 7.48. The van der Waals surface area contributed by atoms with Crippen LogP contribution in [0.4, 0.5) is 0 Å². The van der Waals surface area contributed by atoms with Crippen LogP contribution in [0.2, 0.25) is 0 Å². The largest absolute Gasteiger partial charge is 0.485 e. The first-order valence-electron chi connectivity index (χ1n) is 5.24. The standard InChI is InChI=1S/C12H13BrN2O2/c1-8(14)11-3-2-9(13)6-12(11)16-7-10-4-5-15-17-10/h2-6,8H,7,14H2,1H3/t8-/m1/s1. The second-order valence-corrected chi connectivity index (χ2v) is 4.65. The summed E-state index contributed by atoms with van der Waals surface area (Å²) in [6.07, 6.45) is 1.59. The first-order valence-corrected chi connectivity index (χ1v) is 6.03. The van der Waals surface area contributed by atoms with E-state index in [1.807, 2.05) is 25.1 Å². The SMILES string of the molecule is C[C@@H](N)c1ccc(Br)cc1OCc1ccno1. The van der Waals surface area contributed by atoms with Crippen LogP contribution in [0.1, 0.15) is 24.3 Å². The van der Waals surface area contributed by atoms with E-state index in [1.54, 1.807) is 12.3 Å². The molecule has 1 atom stereocenters. The van der Waals surface area contributed by atoms with Crippen LogP contribution in [0.3, 0.4) is 0 Å². The van der Waals surface area contributed by atoms with Crippen molar-refractivity contribution in [2.75, 3.05) is 0 Å². The van der Waals surface area contributed by atoms with Crippen molar-refractivity contribution >= 4 is 15.9 Å². The molecule has 0 aliphatic carbocycles. The van der Waals surface area contributed by atoms with Gasteiger partial charge in [-0.1, -0.05) is 27.2 Å². The van der Waals surface area contributed by atoms with Crippen molar-refractivity contribution in [2.24, 2.45) is 5.73 Å². The molecule has 1 heterocycles. The summed E-state index contributed by atoms with van der Waals surface area (Å²) in [4.78, 5) is 0. The van der Waals surface area contributed by atoms with Crippen LogP contribution < -0.4 is 10.5 Å². The third kappa shape index (κ3) is 3.08. The highest BCUT2D eigenvalue weighted by Crippen LogP contribution is 2.28. The Kier molecular flexibility index (Phi) is 3.81. The number of aromatic nitrogens is 1. The molecule has 0 radical (unpaired) electrons. The summed E-state index contributed by atoms with van der Waals surface area (Å²) >= 11 is 3.41. The van der Waals surface area contributed by atoms with Gasteiger partial charge in [0.1, 0.15) is 12.4 Å². The van der Waals surface area contributed by atoms with Gasteiger partial charge in [0.05, 0.1) is 6.20 Å². The van der Waals surface area contributed by atoms with Crippen molar-refractivity contribution in [1.29, 1.82) is 0 Å². The van der Waals surface area contributed by atoms with Crippen LogP contribution in [0, 0.1) is 0 Å². The Bertz CT molecular complexity index is 483. The third-order valence-electron chi connectivity index (χ3n) is 2.33. The van der Waals surface area contributed by atoms with E-state index in [1.165, 1.54) is 0 Å². The summed E-state index contributed by atoms with van der Waals surface area (Å²) in [5.41, 5.74) is 6.85. The lowest BCUT2D eigenvalue weighted by Gasteiger charge is -2.13. The number of nitrogens with two attached hydrogens (primary N) is 1. The summed E-state index contributed by atoms with van der Waals surface area (Å²) in [7, 11) is 0. The lowest BCUT2D eigenvalue weighted by Crippen LogP contribution is -2.08. The Morgan fingerprint density at radius 3 is 2.94 bits per heavy atom. The van der Waals surface area contributed by atoms with Crippen molar-refractivity contribution in [2.45, 2.75) is 19.6 Å². The van der Waals surface area contributed by atoms with E-state index in [4.69, 9.17) is 15.0 Å². The lowest BCUT2D eigenvalue weighted by atomic mass is 10.1. The zero-order valence-electron chi connectivity index (χ0n) is 9.39. The molecule has 0 unspecified atom stereocenters. The monoisotopic (exact) mass is 296 g/mol. The van der Waals surface area contributed by atoms with E-state index < -0.39 is 0 Å². The van der Waals surface area contributed by atoms with Crippen molar-refractivity contribution < 1.29 is 9.26 Å². The molecule has 0 aliphatic rings. The maximum Gasteiger partial charge on any atom is 0.174 e. The van der Waals surface area contributed by atoms with E-state index in [9.17, 15) is 0 Å². The zero-order chi connectivity index (χ0) is 12.3. The van der Waals surface area contributed by atoms with Gasteiger partial charge >= 0.3 is 0 Å². The highest BCUT2D eigenvalue weighted by atomic mass is 79.9. The predicted octanol–water partition coefficient (Wildman–Crippen LogP) is 3.04. The van der Waals surface area contributed by atoms with Gasteiger partial charge in [0.25, 0.3) is 0 Å². The molecular formula is C12H13BrN2O2. The predicted molar refractivity (Wildman–Crippen MR) is 67.6 cm³/mol. The highest BCUT2D eigenvalue weighted by Gasteiger charge is 2.09. The van der Waals surface area contributed by atoms with Crippen molar-refractivity contribution in [3.05, 3.63) is 46.3 Å². The number of ether oxygens (including phenoxy) is 1. The Labute approximate surface area is 108 Å². The third-order valence-corrected chi connectivity index (χ3v) is 2.82. The Morgan fingerprint density at radius 2 is 2.29 bits per heavy atom. The first-order chi connectivity index (χ1) is 8.16. The number of hydrogen-bond acceptors (Lipinski definition) is 4. The van der Waals surface area contributed by atoms with Gasteiger partial charge in [0, 0.05) is 22.1 Å². The normalized spacial score (nSPS) is 12.4. The Hall–Kier alpha value is -1.33. The fraction of sp³-hybridized carbons (Fsp3) is 0.250. The van der Waals surface area contributed by atoms with Gasteiger partial charge in [-0.3, -0.25) is 0 Å². The minimum atomic E-state index is -0.0761. The molecule has 2 rings (SSSR count). The number of rotatable bonds is 4. The molecule has 2 N–H and O–H groups in total. The minimum Gasteiger partial charge on any atom is -0.485 e. The molecule has 4 nitrogen and oxygen atoms in total. The average molecular weight is 297 g/mol. The second kappa shape index (κ2) is 5.33. The number of halogens is 1. The Balaban J connectivity index is 2.16. The van der Waals surface area contributed by atoms with Crippen molar-refractivity contribution in [3.63, 3.8) is 0 Å². The van der Waals surface area contributed by atoms with Gasteiger partial charge in [-0.15, -0.1) is 0 Å². The van der Waals surface area contributed by atoms with Crippen LogP contribution >= 0.6 is 15.9 Å². The van der Waals surface area contributed by atoms with Crippen molar-refractivity contribution in [3.8, 4) is 5.75 Å². The smallest absolute Gasteiger partial charge is 0.174 e. The maximum atomic E-state index is 5.88. The fourth-order valence-electron chi connectivity index (χ4n) is 1.47. The molecule has 0 bridgehead atoms. The van der Waals surface area contributed by atoms with Crippen molar-refractivity contribution in [1.82, 2.24) is 5.16 Å². The summed E-state index contributed by atoms with van der Waals surface area (Å²) < 4.78 is 11.6. The van der Waals surface area contributed by atoms with Gasteiger partial charge in [-0.05, 0) is 19.1 Å². The molecule has 5 heteroatoms. The molecule has 2 aromatic rings. The van der Waals surface area contributed by atoms with E-state index in [0.29, 0.717) is 12.4 Å². The molecule has 17 heavy (non-hydrogen) atoms. The molecule has 0 saturated heterocycles. The molecule has 1 aromatic heterocycles. The van der Waals surface area contributed by atoms with Crippen LogP contribution in [-0.2, 0) is 6.61 Å².